The number of hydrogen-bond donors (Lipinski definition) is 2. The number of piperazine rings is 1. The number of likely N-dealkylation sites (N-methyl/N-ethyl adjacent to an activating group) is 1. The SMILES string of the molecule is CN1CCN(c2ccc(NC(=O)Nc3ccc(Cl)cc3)cn2)CC1. The summed E-state index contributed by atoms with van der Waals surface area (Å²) in [7, 11) is 2.12. The number of halogens is 1. The fourth-order valence-corrected chi connectivity index (χ4v) is 2.64. The molecule has 2 heterocycles. The largest absolute Gasteiger partial charge is 0.354 e. The first-order valence-corrected chi connectivity index (χ1v) is 8.21. The lowest BCUT2D eigenvalue weighted by Gasteiger charge is -2.33. The number of aromatic nitrogens is 1. The van der Waals surface area contributed by atoms with Gasteiger partial charge in [-0.2, -0.15) is 0 Å². The molecule has 2 amide bonds. The summed E-state index contributed by atoms with van der Waals surface area (Å²) >= 11 is 5.82. The summed E-state index contributed by atoms with van der Waals surface area (Å²) in [5.74, 6) is 0.937. The number of hydrogen-bond acceptors (Lipinski definition) is 4. The third-order valence-electron chi connectivity index (χ3n) is 3.94. The van der Waals surface area contributed by atoms with Crippen molar-refractivity contribution in [3.63, 3.8) is 0 Å². The molecule has 1 fully saturated rings. The normalized spacial score (nSPS) is 15.2. The average molecular weight is 346 g/mol. The van der Waals surface area contributed by atoms with Gasteiger partial charge in [0.1, 0.15) is 5.82 Å². The molecule has 1 aliphatic heterocycles. The first-order chi connectivity index (χ1) is 11.6. The van der Waals surface area contributed by atoms with E-state index in [1.54, 1.807) is 30.5 Å². The topological polar surface area (TPSA) is 60.5 Å². The van der Waals surface area contributed by atoms with Crippen LogP contribution in [0.1, 0.15) is 0 Å². The van der Waals surface area contributed by atoms with Gasteiger partial charge in [0.15, 0.2) is 0 Å². The van der Waals surface area contributed by atoms with E-state index in [1.807, 2.05) is 12.1 Å². The van der Waals surface area contributed by atoms with E-state index in [9.17, 15) is 4.79 Å². The maximum atomic E-state index is 12.0. The average Bonchev–Trinajstić information content (AvgIpc) is 2.58. The van der Waals surface area contributed by atoms with Crippen LogP contribution < -0.4 is 15.5 Å². The number of benzene rings is 1. The van der Waals surface area contributed by atoms with Gasteiger partial charge in [-0.15, -0.1) is 0 Å². The van der Waals surface area contributed by atoms with Crippen molar-refractivity contribution >= 4 is 34.8 Å². The van der Waals surface area contributed by atoms with Crippen molar-refractivity contribution in [2.45, 2.75) is 0 Å². The zero-order valence-corrected chi connectivity index (χ0v) is 14.3. The first kappa shape index (κ1) is 16.5. The summed E-state index contributed by atoms with van der Waals surface area (Å²) in [5, 5.41) is 6.15. The zero-order chi connectivity index (χ0) is 16.9. The standard InChI is InChI=1S/C17H20ClN5O/c1-22-8-10-23(11-9-22)16-7-6-15(12-19-16)21-17(24)20-14-4-2-13(18)3-5-14/h2-7,12H,8-11H2,1H3,(H2,20,21,24). The molecule has 0 radical (unpaired) electrons. The number of carbonyl (C=O) groups is 1. The minimum atomic E-state index is -0.313. The molecule has 0 spiro atoms. The molecule has 2 N–H and O–H groups in total. The van der Waals surface area contributed by atoms with Crippen LogP contribution in [-0.2, 0) is 0 Å². The van der Waals surface area contributed by atoms with E-state index < -0.39 is 0 Å². The molecule has 1 aromatic carbocycles. The smallest absolute Gasteiger partial charge is 0.323 e. The van der Waals surface area contributed by atoms with E-state index in [0.717, 1.165) is 32.0 Å². The van der Waals surface area contributed by atoms with Crippen molar-refractivity contribution in [1.29, 1.82) is 0 Å². The quantitative estimate of drug-likeness (QED) is 0.897. The van der Waals surface area contributed by atoms with Gasteiger partial charge in [0, 0.05) is 36.9 Å². The highest BCUT2D eigenvalue weighted by molar-refractivity contribution is 6.30. The summed E-state index contributed by atoms with van der Waals surface area (Å²) in [6, 6.07) is 10.4. The molecule has 0 bridgehead atoms. The Hall–Kier alpha value is -2.31. The lowest BCUT2D eigenvalue weighted by atomic mass is 10.3. The van der Waals surface area contributed by atoms with Crippen molar-refractivity contribution < 1.29 is 4.79 Å². The molecular weight excluding hydrogens is 326 g/mol. The Morgan fingerprint density at radius 2 is 1.62 bits per heavy atom. The predicted octanol–water partition coefficient (Wildman–Crippen LogP) is 3.13. The summed E-state index contributed by atoms with van der Waals surface area (Å²) in [4.78, 5) is 21.0. The Morgan fingerprint density at radius 1 is 1.00 bits per heavy atom. The van der Waals surface area contributed by atoms with E-state index in [-0.39, 0.29) is 6.03 Å². The molecule has 0 saturated carbocycles. The van der Waals surface area contributed by atoms with E-state index in [0.29, 0.717) is 16.4 Å². The van der Waals surface area contributed by atoms with E-state index in [1.165, 1.54) is 0 Å². The van der Waals surface area contributed by atoms with Gasteiger partial charge >= 0.3 is 6.03 Å². The molecule has 1 aromatic heterocycles. The molecule has 0 unspecified atom stereocenters. The zero-order valence-electron chi connectivity index (χ0n) is 13.5. The van der Waals surface area contributed by atoms with Crippen molar-refractivity contribution in [2.24, 2.45) is 0 Å². The molecule has 0 aliphatic carbocycles. The number of nitrogens with zero attached hydrogens (tertiary/aromatic N) is 3. The maximum Gasteiger partial charge on any atom is 0.323 e. The van der Waals surface area contributed by atoms with Gasteiger partial charge in [-0.25, -0.2) is 9.78 Å². The van der Waals surface area contributed by atoms with Gasteiger partial charge in [0.2, 0.25) is 0 Å². The molecule has 7 heteroatoms. The Kier molecular flexibility index (Phi) is 5.17. The van der Waals surface area contributed by atoms with Gasteiger partial charge in [-0.3, -0.25) is 0 Å². The second-order valence-corrected chi connectivity index (χ2v) is 6.22. The van der Waals surface area contributed by atoms with Crippen LogP contribution in [0.15, 0.2) is 42.6 Å². The lowest BCUT2D eigenvalue weighted by Crippen LogP contribution is -2.44. The van der Waals surface area contributed by atoms with Crippen LogP contribution >= 0.6 is 11.6 Å². The fourth-order valence-electron chi connectivity index (χ4n) is 2.51. The minimum absolute atomic E-state index is 0.313. The van der Waals surface area contributed by atoms with Crippen LogP contribution in [-0.4, -0.2) is 49.1 Å². The van der Waals surface area contributed by atoms with E-state index in [2.05, 4.69) is 32.5 Å². The Labute approximate surface area is 146 Å². The van der Waals surface area contributed by atoms with Gasteiger partial charge in [0.05, 0.1) is 11.9 Å². The first-order valence-electron chi connectivity index (χ1n) is 7.83. The highest BCUT2D eigenvalue weighted by Gasteiger charge is 2.15. The number of pyridine rings is 1. The molecule has 6 nitrogen and oxygen atoms in total. The van der Waals surface area contributed by atoms with Crippen LogP contribution in [0, 0.1) is 0 Å². The number of amides is 2. The number of rotatable bonds is 3. The lowest BCUT2D eigenvalue weighted by molar-refractivity contribution is 0.262. The number of nitrogens with one attached hydrogen (secondary N) is 2. The molecular formula is C17H20ClN5O. The van der Waals surface area contributed by atoms with E-state index in [4.69, 9.17) is 11.6 Å². The van der Waals surface area contributed by atoms with Crippen LogP contribution in [0.2, 0.25) is 5.02 Å². The molecule has 1 aliphatic rings. The van der Waals surface area contributed by atoms with Gasteiger partial charge in [0.25, 0.3) is 0 Å². The summed E-state index contributed by atoms with van der Waals surface area (Å²) in [5.41, 5.74) is 1.33. The van der Waals surface area contributed by atoms with Crippen molar-refractivity contribution in [1.82, 2.24) is 9.88 Å². The summed E-state index contributed by atoms with van der Waals surface area (Å²) in [6.45, 7) is 4.00. The van der Waals surface area contributed by atoms with Crippen LogP contribution in [0.4, 0.5) is 22.0 Å². The number of carbonyl (C=O) groups excluding carboxylic acids is 1. The van der Waals surface area contributed by atoms with Crippen molar-refractivity contribution in [3.05, 3.63) is 47.6 Å². The number of anilines is 3. The van der Waals surface area contributed by atoms with Gasteiger partial charge in [-0.05, 0) is 43.4 Å². The second-order valence-electron chi connectivity index (χ2n) is 5.78. The highest BCUT2D eigenvalue weighted by Crippen LogP contribution is 2.17. The third kappa shape index (κ3) is 4.37. The van der Waals surface area contributed by atoms with Gasteiger partial charge < -0.3 is 20.4 Å². The molecule has 1 saturated heterocycles. The fraction of sp³-hybridized carbons (Fsp3) is 0.294. The molecule has 0 atom stereocenters. The predicted molar refractivity (Wildman–Crippen MR) is 98.0 cm³/mol. The molecule has 2 aromatic rings. The van der Waals surface area contributed by atoms with Crippen molar-refractivity contribution in [3.8, 4) is 0 Å². The Morgan fingerprint density at radius 3 is 2.25 bits per heavy atom. The third-order valence-corrected chi connectivity index (χ3v) is 4.19. The van der Waals surface area contributed by atoms with Gasteiger partial charge in [-0.1, -0.05) is 11.6 Å². The molecule has 3 rings (SSSR count). The van der Waals surface area contributed by atoms with Crippen LogP contribution in [0.3, 0.4) is 0 Å². The highest BCUT2D eigenvalue weighted by atomic mass is 35.5. The Balaban J connectivity index is 1.55. The van der Waals surface area contributed by atoms with Crippen LogP contribution in [0.25, 0.3) is 0 Å². The Bertz CT molecular complexity index is 681. The second kappa shape index (κ2) is 7.51. The van der Waals surface area contributed by atoms with Crippen LogP contribution in [0.5, 0.6) is 0 Å². The van der Waals surface area contributed by atoms with Crippen molar-refractivity contribution in [2.75, 3.05) is 48.8 Å². The molecule has 126 valence electrons. The molecule has 24 heavy (non-hydrogen) atoms. The number of urea groups is 1. The van der Waals surface area contributed by atoms with E-state index >= 15 is 0 Å². The monoisotopic (exact) mass is 345 g/mol. The summed E-state index contributed by atoms with van der Waals surface area (Å²) in [6.07, 6.45) is 1.68. The minimum Gasteiger partial charge on any atom is -0.354 e. The maximum absolute atomic E-state index is 12.0. The summed E-state index contributed by atoms with van der Waals surface area (Å²) < 4.78 is 0.